The van der Waals surface area contributed by atoms with Crippen molar-refractivity contribution in [2.45, 2.75) is 89.5 Å². The fourth-order valence-electron chi connectivity index (χ4n) is 8.31. The van der Waals surface area contributed by atoms with Crippen LogP contribution in [0, 0.1) is 30.1 Å². The zero-order chi connectivity index (χ0) is 30.1. The van der Waals surface area contributed by atoms with E-state index < -0.39 is 47.3 Å². The van der Waals surface area contributed by atoms with E-state index in [4.69, 9.17) is 29.1 Å². The topological polar surface area (TPSA) is 180 Å². The van der Waals surface area contributed by atoms with Crippen LogP contribution in [0.5, 0.6) is 11.5 Å². The van der Waals surface area contributed by atoms with Crippen LogP contribution in [0.1, 0.15) is 57.9 Å². The third kappa shape index (κ3) is 4.69. The van der Waals surface area contributed by atoms with Crippen LogP contribution in [0.4, 0.5) is 10.5 Å². The third-order valence-corrected chi connectivity index (χ3v) is 9.77. The van der Waals surface area contributed by atoms with Gasteiger partial charge in [-0.2, -0.15) is 0 Å². The number of carbonyl (C=O) groups excluding carboxylic acids is 2. The molecular weight excluding hydrogens is 548 g/mol. The molecule has 0 radical (unpaired) electrons. The van der Waals surface area contributed by atoms with Crippen molar-refractivity contribution in [1.29, 1.82) is 0 Å². The molecule has 0 spiro atoms. The van der Waals surface area contributed by atoms with Crippen molar-refractivity contribution in [3.8, 4) is 11.5 Å². The van der Waals surface area contributed by atoms with Gasteiger partial charge in [-0.15, -0.1) is 0 Å². The largest absolute Gasteiger partial charge is 0.505 e. The predicted molar refractivity (Wildman–Crippen MR) is 149 cm³/mol. The molecule has 4 bridgehead atoms. The van der Waals surface area contributed by atoms with Crippen molar-refractivity contribution in [3.63, 3.8) is 0 Å². The summed E-state index contributed by atoms with van der Waals surface area (Å²) in [4.78, 5) is 38.2. The van der Waals surface area contributed by atoms with Gasteiger partial charge in [0, 0.05) is 12.7 Å². The standard InChI is InChI=1S/C30H38N2O10/c1-13-18(39-26-21(34)23(41-28(31)37)24(38-4)29(2,3)42-26)6-5-17-20(33)19(25(35)40-22(13)17)32-27(36)30-10-14-7-15(11-30)9-16(8-14)12-30/h5-6,14-16,21,23-24,26,33-34H,7-12H2,1-4H3,(H2,31,37)(H,32,36)/t14?,15?,16?,21?,23?,24?,26-,30?/m1/s1. The molecule has 1 aromatic heterocycles. The fourth-order valence-corrected chi connectivity index (χ4v) is 8.31. The van der Waals surface area contributed by atoms with Gasteiger partial charge in [-0.3, -0.25) is 4.79 Å². The predicted octanol–water partition coefficient (Wildman–Crippen LogP) is 3.32. The Morgan fingerprint density at radius 3 is 2.29 bits per heavy atom. The second-order valence-corrected chi connectivity index (χ2v) is 13.1. The number of nitrogens with two attached hydrogens (primary N) is 1. The van der Waals surface area contributed by atoms with Gasteiger partial charge in [-0.1, -0.05) is 0 Å². The minimum Gasteiger partial charge on any atom is -0.505 e. The molecule has 2 aromatic rings. The minimum atomic E-state index is -1.48. The van der Waals surface area contributed by atoms with E-state index in [0.29, 0.717) is 23.3 Å². The Hall–Kier alpha value is -3.35. The molecule has 12 heteroatoms. The maximum atomic E-state index is 13.6. The molecule has 4 aliphatic carbocycles. The summed E-state index contributed by atoms with van der Waals surface area (Å²) in [7, 11) is 1.39. The van der Waals surface area contributed by atoms with E-state index in [1.165, 1.54) is 38.5 Å². The monoisotopic (exact) mass is 586 g/mol. The van der Waals surface area contributed by atoms with E-state index in [1.54, 1.807) is 20.8 Å². The quantitative estimate of drug-likeness (QED) is 0.367. The molecule has 5 N–H and O–H groups in total. The highest BCUT2D eigenvalue weighted by Gasteiger charge is 2.55. The highest BCUT2D eigenvalue weighted by atomic mass is 16.7. The van der Waals surface area contributed by atoms with Crippen molar-refractivity contribution in [3.05, 3.63) is 28.1 Å². The van der Waals surface area contributed by atoms with Crippen molar-refractivity contribution >= 4 is 28.7 Å². The lowest BCUT2D eigenvalue weighted by atomic mass is 9.49. The average molecular weight is 587 g/mol. The number of carbonyl (C=O) groups is 2. The first-order chi connectivity index (χ1) is 19.8. The van der Waals surface area contributed by atoms with E-state index in [2.05, 4.69) is 5.32 Å². The molecule has 1 saturated heterocycles. The Bertz CT molecular complexity index is 1450. The van der Waals surface area contributed by atoms with E-state index in [-0.39, 0.29) is 34.1 Å². The number of hydrogen-bond donors (Lipinski definition) is 4. The first-order valence-electron chi connectivity index (χ1n) is 14.4. The van der Waals surface area contributed by atoms with E-state index in [0.717, 1.165) is 19.3 Å². The number of hydrogen-bond acceptors (Lipinski definition) is 10. The number of ether oxygens (including phenoxy) is 4. The molecule has 5 fully saturated rings. The Labute approximate surface area is 242 Å². The van der Waals surface area contributed by atoms with E-state index in [9.17, 15) is 24.6 Å². The number of fused-ring (bicyclic) bond motifs is 1. The zero-order valence-corrected chi connectivity index (χ0v) is 24.2. The van der Waals surface area contributed by atoms with Crippen LogP contribution in [0.2, 0.25) is 0 Å². The molecular formula is C30H38N2O10. The molecule has 42 heavy (non-hydrogen) atoms. The molecule has 7 rings (SSSR count). The number of primary amides is 1. The van der Waals surface area contributed by atoms with Gasteiger partial charge in [-0.05, 0) is 89.2 Å². The third-order valence-electron chi connectivity index (χ3n) is 9.77. The van der Waals surface area contributed by atoms with Crippen LogP contribution >= 0.6 is 0 Å². The normalized spacial score (nSPS) is 34.7. The number of aliphatic hydroxyl groups is 1. The summed E-state index contributed by atoms with van der Waals surface area (Å²) < 4.78 is 28.1. The number of methoxy groups -OCH3 is 1. The second-order valence-electron chi connectivity index (χ2n) is 13.1. The van der Waals surface area contributed by atoms with Gasteiger partial charge in [0.2, 0.25) is 12.2 Å². The lowest BCUT2D eigenvalue weighted by molar-refractivity contribution is -0.304. The van der Waals surface area contributed by atoms with Crippen LogP contribution in [-0.4, -0.2) is 59.5 Å². The Morgan fingerprint density at radius 1 is 1.10 bits per heavy atom. The smallest absolute Gasteiger partial charge is 0.404 e. The number of anilines is 1. The van der Waals surface area contributed by atoms with Crippen molar-refractivity contribution in [1.82, 2.24) is 0 Å². The first-order valence-corrected chi connectivity index (χ1v) is 14.4. The summed E-state index contributed by atoms with van der Waals surface area (Å²) in [6, 6.07) is 3.02. The summed E-state index contributed by atoms with van der Waals surface area (Å²) in [5.74, 6) is 1.19. The number of aryl methyl sites for hydroxylation is 1. The van der Waals surface area contributed by atoms with Crippen molar-refractivity contribution < 1.29 is 43.2 Å². The van der Waals surface area contributed by atoms with Crippen LogP contribution in [0.15, 0.2) is 21.3 Å². The number of amides is 2. The van der Waals surface area contributed by atoms with Crippen molar-refractivity contribution in [2.75, 3.05) is 12.4 Å². The van der Waals surface area contributed by atoms with Gasteiger partial charge < -0.3 is 44.6 Å². The number of benzene rings is 1. The summed E-state index contributed by atoms with van der Waals surface area (Å²) in [6.07, 6.45) is 0.0285. The van der Waals surface area contributed by atoms with Crippen molar-refractivity contribution in [2.24, 2.45) is 28.9 Å². The number of aromatic hydroxyl groups is 1. The lowest BCUT2D eigenvalue weighted by Crippen LogP contribution is -2.65. The van der Waals surface area contributed by atoms with Gasteiger partial charge in [0.1, 0.15) is 17.4 Å². The van der Waals surface area contributed by atoms with Gasteiger partial charge in [0.05, 0.1) is 16.4 Å². The van der Waals surface area contributed by atoms with Crippen LogP contribution < -0.4 is 21.4 Å². The molecule has 2 amide bonds. The van der Waals surface area contributed by atoms with Crippen LogP contribution in [-0.2, 0) is 19.0 Å². The SMILES string of the molecule is COC1C(OC(N)=O)C(O)[C@H](Oc2ccc3c(O)c(NC(=O)C45CC6CC(CC(C6)C4)C5)c(=O)oc3c2C)OC1(C)C. The van der Waals surface area contributed by atoms with Crippen LogP contribution in [0.3, 0.4) is 0 Å². The molecule has 2 heterocycles. The fraction of sp³-hybridized carbons (Fsp3) is 0.633. The first kappa shape index (κ1) is 28.8. The summed E-state index contributed by atoms with van der Waals surface area (Å²) in [5, 5.41) is 25.0. The van der Waals surface area contributed by atoms with Gasteiger partial charge in [-0.25, -0.2) is 9.59 Å². The molecule has 1 aliphatic heterocycles. The number of rotatable bonds is 6. The Kier molecular flexibility index (Phi) is 6.94. The average Bonchev–Trinajstić information content (AvgIpc) is 2.90. The molecule has 4 atom stereocenters. The molecule has 3 unspecified atom stereocenters. The lowest BCUT2D eigenvalue weighted by Gasteiger charge is -2.55. The maximum absolute atomic E-state index is 13.6. The Morgan fingerprint density at radius 2 is 1.71 bits per heavy atom. The highest BCUT2D eigenvalue weighted by molar-refractivity contribution is 6.00. The van der Waals surface area contributed by atoms with Crippen LogP contribution in [0.25, 0.3) is 11.0 Å². The van der Waals surface area contributed by atoms with E-state index >= 15 is 0 Å². The molecule has 228 valence electrons. The summed E-state index contributed by atoms with van der Waals surface area (Å²) in [5.41, 5.74) is 2.88. The zero-order valence-electron chi connectivity index (χ0n) is 24.2. The second kappa shape index (κ2) is 10.1. The van der Waals surface area contributed by atoms with Gasteiger partial charge in [0.25, 0.3) is 0 Å². The number of nitrogens with one attached hydrogen (secondary N) is 1. The maximum Gasteiger partial charge on any atom is 0.404 e. The van der Waals surface area contributed by atoms with E-state index in [1.807, 2.05) is 0 Å². The van der Waals surface area contributed by atoms with Gasteiger partial charge >= 0.3 is 11.7 Å². The minimum absolute atomic E-state index is 0.0482. The molecule has 5 aliphatic rings. The molecule has 12 nitrogen and oxygen atoms in total. The molecule has 1 aromatic carbocycles. The summed E-state index contributed by atoms with van der Waals surface area (Å²) >= 11 is 0. The van der Waals surface area contributed by atoms with Gasteiger partial charge in [0.15, 0.2) is 23.6 Å². The Balaban J connectivity index is 1.27. The highest BCUT2D eigenvalue weighted by Crippen LogP contribution is 2.60. The number of aliphatic hydroxyl groups excluding tert-OH is 1. The summed E-state index contributed by atoms with van der Waals surface area (Å²) in [6.45, 7) is 4.98. The molecule has 4 saturated carbocycles.